The van der Waals surface area contributed by atoms with Gasteiger partial charge in [0.2, 0.25) is 0 Å². The average Bonchev–Trinajstić information content (AvgIpc) is 2.96. The number of rotatable bonds is 7. The van der Waals surface area contributed by atoms with Gasteiger partial charge in [-0.3, -0.25) is 0 Å². The van der Waals surface area contributed by atoms with Crippen molar-refractivity contribution in [2.45, 2.75) is 50.6 Å². The van der Waals surface area contributed by atoms with Gasteiger partial charge in [0, 0.05) is 0 Å². The molecule has 10 nitrogen and oxygen atoms in total. The summed E-state index contributed by atoms with van der Waals surface area (Å²) >= 11 is 0. The molecule has 0 spiro atoms. The van der Waals surface area contributed by atoms with Crippen molar-refractivity contribution in [2.75, 3.05) is 36.2 Å². The first-order valence-electron chi connectivity index (χ1n) is 9.13. The maximum Gasteiger partial charge on any atom is 0.407 e. The van der Waals surface area contributed by atoms with Crippen LogP contribution in [0.1, 0.15) is 39.5 Å². The smallest absolute Gasteiger partial charge is 0.407 e. The summed E-state index contributed by atoms with van der Waals surface area (Å²) in [6.45, 7) is 3.55. The fourth-order valence-corrected chi connectivity index (χ4v) is 7.50. The third kappa shape index (κ3) is 7.12. The number of amides is 2. The van der Waals surface area contributed by atoms with Gasteiger partial charge in [0.25, 0.3) is 0 Å². The second-order valence-electron chi connectivity index (χ2n) is 8.03. The van der Waals surface area contributed by atoms with Crippen molar-refractivity contribution in [1.29, 1.82) is 0 Å². The Morgan fingerprint density at radius 2 is 1.14 bits per heavy atom. The van der Waals surface area contributed by atoms with Gasteiger partial charge in [-0.15, -0.1) is 0 Å². The Kier molecular flexibility index (Phi) is 6.85. The number of ether oxygens (including phenoxy) is 2. The summed E-state index contributed by atoms with van der Waals surface area (Å²) in [6.07, 6.45) is 0.284. The predicted octanol–water partition coefficient (Wildman–Crippen LogP) is 0.373. The topological polar surface area (TPSA) is 145 Å². The number of carbonyl (C=O) groups excluding carboxylic acids is 2. The van der Waals surface area contributed by atoms with Gasteiger partial charge in [-0.25, -0.2) is 26.4 Å². The molecule has 2 rings (SSSR count). The number of hydrogen-bond acceptors (Lipinski definition) is 8. The lowest BCUT2D eigenvalue weighted by Gasteiger charge is -2.23. The van der Waals surface area contributed by atoms with Crippen molar-refractivity contribution >= 4 is 31.9 Å². The molecule has 0 aromatic rings. The lowest BCUT2D eigenvalue weighted by Crippen LogP contribution is -2.47. The third-order valence-electron chi connectivity index (χ3n) is 4.82. The second kappa shape index (κ2) is 8.44. The van der Waals surface area contributed by atoms with E-state index >= 15 is 0 Å². The van der Waals surface area contributed by atoms with Gasteiger partial charge >= 0.3 is 12.2 Å². The van der Waals surface area contributed by atoms with Gasteiger partial charge < -0.3 is 20.1 Å². The molecule has 2 saturated heterocycles. The van der Waals surface area contributed by atoms with E-state index in [9.17, 15) is 26.4 Å². The molecule has 28 heavy (non-hydrogen) atoms. The van der Waals surface area contributed by atoms with Crippen LogP contribution in [0.15, 0.2) is 0 Å². The van der Waals surface area contributed by atoms with E-state index in [0.717, 1.165) is 0 Å². The Hall–Kier alpha value is -1.56. The average molecular weight is 441 g/mol. The maximum atomic E-state index is 11.8. The highest BCUT2D eigenvalue weighted by atomic mass is 32.2. The molecule has 162 valence electrons. The fraction of sp³-hybridized carbons (Fsp3) is 0.875. The molecular formula is C16H28N2O8S2. The Labute approximate surface area is 165 Å². The zero-order valence-electron chi connectivity index (χ0n) is 16.2. The first kappa shape index (κ1) is 22.7. The van der Waals surface area contributed by atoms with E-state index in [-0.39, 0.29) is 36.2 Å². The van der Waals surface area contributed by atoms with Crippen molar-refractivity contribution in [3.05, 3.63) is 0 Å². The molecule has 0 aromatic carbocycles. The van der Waals surface area contributed by atoms with Crippen LogP contribution in [0.4, 0.5) is 9.59 Å². The molecule has 2 atom stereocenters. The molecule has 2 aliphatic rings. The highest BCUT2D eigenvalue weighted by Gasteiger charge is 2.40. The molecule has 0 radical (unpaired) electrons. The van der Waals surface area contributed by atoms with Crippen molar-refractivity contribution in [3.8, 4) is 0 Å². The zero-order valence-corrected chi connectivity index (χ0v) is 17.8. The highest BCUT2D eigenvalue weighted by molar-refractivity contribution is 7.92. The van der Waals surface area contributed by atoms with E-state index in [1.54, 1.807) is 13.8 Å². The van der Waals surface area contributed by atoms with Crippen LogP contribution < -0.4 is 10.6 Å². The van der Waals surface area contributed by atoms with Crippen molar-refractivity contribution in [3.63, 3.8) is 0 Å². The summed E-state index contributed by atoms with van der Waals surface area (Å²) in [4.78, 5) is 23.5. The van der Waals surface area contributed by atoms with Crippen LogP contribution in [-0.2, 0) is 29.1 Å². The molecule has 2 heterocycles. The molecule has 0 aromatic heterocycles. The first-order valence-corrected chi connectivity index (χ1v) is 12.8. The summed E-state index contributed by atoms with van der Waals surface area (Å²) < 4.78 is 56.1. The van der Waals surface area contributed by atoms with E-state index in [1.165, 1.54) is 0 Å². The second-order valence-corrected chi connectivity index (χ2v) is 12.4. The predicted molar refractivity (Wildman–Crippen MR) is 102 cm³/mol. The lowest BCUT2D eigenvalue weighted by molar-refractivity contribution is 0.119. The van der Waals surface area contributed by atoms with E-state index in [2.05, 4.69) is 10.6 Å². The quantitative estimate of drug-likeness (QED) is 0.540. The van der Waals surface area contributed by atoms with Crippen molar-refractivity contribution < 1.29 is 35.9 Å². The van der Waals surface area contributed by atoms with Crippen LogP contribution in [0.3, 0.4) is 0 Å². The molecule has 0 aliphatic carbocycles. The number of sulfone groups is 2. The van der Waals surface area contributed by atoms with Gasteiger partial charge in [0.1, 0.15) is 0 Å². The number of alkyl carbamates (subject to hydrolysis) is 2. The Balaban J connectivity index is 1.56. The largest absolute Gasteiger partial charge is 0.450 e. The van der Waals surface area contributed by atoms with Crippen LogP contribution in [0.2, 0.25) is 0 Å². The lowest BCUT2D eigenvalue weighted by atomic mass is 10.0. The fourth-order valence-electron chi connectivity index (χ4n) is 3.32. The molecular weight excluding hydrogens is 412 g/mol. The van der Waals surface area contributed by atoms with Crippen LogP contribution >= 0.6 is 0 Å². The third-order valence-corrected chi connectivity index (χ3v) is 8.63. The number of carbonyl (C=O) groups is 2. The number of nitrogens with one attached hydrogen (secondary N) is 2. The molecule has 0 saturated carbocycles. The van der Waals surface area contributed by atoms with Crippen LogP contribution in [0, 0.1) is 0 Å². The van der Waals surface area contributed by atoms with Gasteiger partial charge in [-0.1, -0.05) is 0 Å². The summed E-state index contributed by atoms with van der Waals surface area (Å²) in [5.74, 6) is -0.0984. The van der Waals surface area contributed by atoms with E-state index in [1.807, 2.05) is 0 Å². The molecule has 2 fully saturated rings. The summed E-state index contributed by atoms with van der Waals surface area (Å²) in [7, 11) is -6.24. The minimum Gasteiger partial charge on any atom is -0.450 e. The van der Waals surface area contributed by atoms with E-state index < -0.39 is 42.9 Å². The maximum absolute atomic E-state index is 11.8. The SMILES string of the molecule is CC1(NC(=O)OCCCCOC(=O)NC2(C)CCS(=O)(=O)C2)CCS(=O)(=O)C1. The minimum absolute atomic E-state index is 0.0498. The zero-order chi connectivity index (χ0) is 21.1. The van der Waals surface area contributed by atoms with Crippen LogP contribution in [-0.4, -0.2) is 76.3 Å². The van der Waals surface area contributed by atoms with Gasteiger partial charge in [0.15, 0.2) is 19.7 Å². The molecule has 2 amide bonds. The standard InChI is InChI=1S/C16H28N2O8S2/c1-15(5-9-27(21,22)11-15)17-13(19)25-7-3-4-8-26-14(20)18-16(2)6-10-28(23,24)12-16/h3-12H2,1-2H3,(H,17,19)(H,18,20). The Bertz CT molecular complexity index is 743. The summed E-state index contributed by atoms with van der Waals surface area (Å²) in [5, 5.41) is 5.17. The molecule has 2 N–H and O–H groups in total. The molecule has 2 unspecified atom stereocenters. The van der Waals surface area contributed by atoms with Crippen molar-refractivity contribution in [1.82, 2.24) is 10.6 Å². The molecule has 12 heteroatoms. The number of hydrogen-bond donors (Lipinski definition) is 2. The van der Waals surface area contributed by atoms with Gasteiger partial charge in [-0.05, 0) is 39.5 Å². The van der Waals surface area contributed by atoms with E-state index in [0.29, 0.717) is 25.7 Å². The summed E-state index contributed by atoms with van der Waals surface area (Å²) in [5.41, 5.74) is -1.61. The monoisotopic (exact) mass is 440 g/mol. The van der Waals surface area contributed by atoms with Gasteiger partial charge in [-0.2, -0.15) is 0 Å². The molecule has 2 aliphatic heterocycles. The van der Waals surface area contributed by atoms with E-state index in [4.69, 9.17) is 9.47 Å². The van der Waals surface area contributed by atoms with Crippen LogP contribution in [0.5, 0.6) is 0 Å². The highest BCUT2D eigenvalue weighted by Crippen LogP contribution is 2.23. The van der Waals surface area contributed by atoms with Crippen LogP contribution in [0.25, 0.3) is 0 Å². The minimum atomic E-state index is -3.12. The normalized spacial score (nSPS) is 30.5. The Morgan fingerprint density at radius 3 is 1.43 bits per heavy atom. The molecule has 0 bridgehead atoms. The van der Waals surface area contributed by atoms with Gasteiger partial charge in [0.05, 0.1) is 47.3 Å². The Morgan fingerprint density at radius 1 is 0.786 bits per heavy atom. The van der Waals surface area contributed by atoms with Crippen molar-refractivity contribution in [2.24, 2.45) is 0 Å². The summed E-state index contributed by atoms with van der Waals surface area (Å²) in [6, 6.07) is 0. The first-order chi connectivity index (χ1) is 12.8. The number of unbranched alkanes of at least 4 members (excludes halogenated alkanes) is 1.